The number of hydrogen-bond acceptors (Lipinski definition) is 6. The summed E-state index contributed by atoms with van der Waals surface area (Å²) < 4.78 is 13.3. The Hall–Kier alpha value is -2.51. The van der Waals surface area contributed by atoms with Gasteiger partial charge in [0.1, 0.15) is 0 Å². The molecule has 0 atom stereocenters. The van der Waals surface area contributed by atoms with Gasteiger partial charge in [0.2, 0.25) is 0 Å². The van der Waals surface area contributed by atoms with Crippen molar-refractivity contribution in [3.63, 3.8) is 0 Å². The van der Waals surface area contributed by atoms with Gasteiger partial charge in [-0.25, -0.2) is 9.97 Å². The number of nitrogens with zero attached hydrogens (tertiary/aromatic N) is 5. The average Bonchev–Trinajstić information content (AvgIpc) is 3.54. The molecule has 7 heteroatoms. The molecule has 3 aromatic heterocycles. The first-order chi connectivity index (χ1) is 14.6. The van der Waals surface area contributed by atoms with E-state index in [0.717, 1.165) is 61.1 Å². The molecule has 1 saturated carbocycles. The summed E-state index contributed by atoms with van der Waals surface area (Å²) in [5.41, 5.74) is 5.15. The number of imidazole rings is 1. The summed E-state index contributed by atoms with van der Waals surface area (Å²) in [5, 5.41) is 0. The number of aromatic nitrogens is 4. The Bertz CT molecular complexity index is 1030. The third-order valence-electron chi connectivity index (χ3n) is 6.08. The van der Waals surface area contributed by atoms with Gasteiger partial charge in [-0.1, -0.05) is 0 Å². The van der Waals surface area contributed by atoms with Gasteiger partial charge in [0.25, 0.3) is 0 Å². The molecule has 1 saturated heterocycles. The lowest BCUT2D eigenvalue weighted by Crippen LogP contribution is -2.37. The van der Waals surface area contributed by atoms with Crippen LogP contribution in [0.4, 0.5) is 5.82 Å². The molecule has 2 fully saturated rings. The van der Waals surface area contributed by atoms with Crippen molar-refractivity contribution in [3.8, 4) is 11.3 Å². The Balaban J connectivity index is 1.56. The topological polar surface area (TPSA) is 64.8 Å². The summed E-state index contributed by atoms with van der Waals surface area (Å²) in [6.45, 7) is 7.32. The Morgan fingerprint density at radius 3 is 2.63 bits per heavy atom. The van der Waals surface area contributed by atoms with Crippen molar-refractivity contribution in [2.24, 2.45) is 0 Å². The average molecular weight is 408 g/mol. The third-order valence-corrected chi connectivity index (χ3v) is 6.08. The molecule has 4 heterocycles. The van der Waals surface area contributed by atoms with E-state index in [0.29, 0.717) is 5.92 Å². The molecule has 0 N–H and O–H groups in total. The van der Waals surface area contributed by atoms with Crippen molar-refractivity contribution < 1.29 is 9.47 Å². The van der Waals surface area contributed by atoms with Crippen molar-refractivity contribution in [2.75, 3.05) is 38.3 Å². The normalized spacial score (nSPS) is 17.6. The van der Waals surface area contributed by atoms with Crippen molar-refractivity contribution in [1.29, 1.82) is 0 Å². The highest BCUT2D eigenvalue weighted by Gasteiger charge is 2.32. The van der Waals surface area contributed by atoms with E-state index in [2.05, 4.69) is 40.3 Å². The number of rotatable bonds is 6. The molecular formula is C23H29N5O2. The molecule has 1 aliphatic heterocycles. The predicted molar refractivity (Wildman–Crippen MR) is 116 cm³/mol. The summed E-state index contributed by atoms with van der Waals surface area (Å²) in [5.74, 6) is 1.48. The highest BCUT2D eigenvalue weighted by atomic mass is 16.5. The van der Waals surface area contributed by atoms with E-state index in [4.69, 9.17) is 19.4 Å². The molecule has 158 valence electrons. The second-order valence-corrected chi connectivity index (χ2v) is 8.84. The highest BCUT2D eigenvalue weighted by Crippen LogP contribution is 2.44. The second kappa shape index (κ2) is 7.63. The first-order valence-corrected chi connectivity index (χ1v) is 10.8. The van der Waals surface area contributed by atoms with Crippen molar-refractivity contribution >= 4 is 11.5 Å². The number of ether oxygens (including phenoxy) is 2. The molecule has 0 bridgehead atoms. The molecule has 7 nitrogen and oxygen atoms in total. The van der Waals surface area contributed by atoms with Gasteiger partial charge in [0.05, 0.1) is 30.2 Å². The van der Waals surface area contributed by atoms with Crippen LogP contribution in [0.15, 0.2) is 30.7 Å². The van der Waals surface area contributed by atoms with Crippen LogP contribution >= 0.6 is 0 Å². The number of anilines is 1. The highest BCUT2D eigenvalue weighted by molar-refractivity contribution is 5.74. The molecule has 0 aromatic carbocycles. The van der Waals surface area contributed by atoms with Gasteiger partial charge in [-0.2, -0.15) is 0 Å². The van der Waals surface area contributed by atoms with Gasteiger partial charge >= 0.3 is 0 Å². The van der Waals surface area contributed by atoms with E-state index in [1.165, 1.54) is 18.5 Å². The zero-order chi connectivity index (χ0) is 20.7. The van der Waals surface area contributed by atoms with Crippen LogP contribution in [0.25, 0.3) is 16.9 Å². The van der Waals surface area contributed by atoms with Crippen molar-refractivity contribution in [3.05, 3.63) is 42.1 Å². The summed E-state index contributed by atoms with van der Waals surface area (Å²) in [4.78, 5) is 16.8. The van der Waals surface area contributed by atoms with E-state index in [9.17, 15) is 0 Å². The number of hydrogen-bond donors (Lipinski definition) is 0. The van der Waals surface area contributed by atoms with Gasteiger partial charge in [0.15, 0.2) is 11.5 Å². The van der Waals surface area contributed by atoms with Crippen LogP contribution in [0.3, 0.4) is 0 Å². The first kappa shape index (κ1) is 19.5. The van der Waals surface area contributed by atoms with E-state index >= 15 is 0 Å². The maximum absolute atomic E-state index is 5.56. The molecule has 0 spiro atoms. The van der Waals surface area contributed by atoms with E-state index < -0.39 is 0 Å². The zero-order valence-corrected chi connectivity index (χ0v) is 18.0. The largest absolute Gasteiger partial charge is 0.378 e. The van der Waals surface area contributed by atoms with Gasteiger partial charge in [-0.15, -0.1) is 0 Å². The molecule has 5 rings (SSSR count). The number of fused-ring (bicyclic) bond motifs is 1. The van der Waals surface area contributed by atoms with Crippen LogP contribution in [0.5, 0.6) is 0 Å². The summed E-state index contributed by atoms with van der Waals surface area (Å²) in [6, 6.07) is 4.27. The van der Waals surface area contributed by atoms with E-state index in [-0.39, 0.29) is 5.60 Å². The molecule has 1 aliphatic carbocycles. The SMILES string of the molecule is COC(C)(C)Cc1ccc(-c2c(C3CC3)nc3c(N4CCOCC4)nccn23)cn1. The number of methoxy groups -OCH3 is 1. The lowest BCUT2D eigenvalue weighted by atomic mass is 10.0. The van der Waals surface area contributed by atoms with Gasteiger partial charge in [-0.3, -0.25) is 9.38 Å². The van der Waals surface area contributed by atoms with Crippen LogP contribution in [0.1, 0.15) is 44.0 Å². The minimum Gasteiger partial charge on any atom is -0.378 e. The first-order valence-electron chi connectivity index (χ1n) is 10.8. The minimum absolute atomic E-state index is 0.226. The fraction of sp³-hybridized carbons (Fsp3) is 0.522. The van der Waals surface area contributed by atoms with E-state index in [1.807, 2.05) is 18.6 Å². The van der Waals surface area contributed by atoms with Crippen LogP contribution in [0, 0.1) is 0 Å². The van der Waals surface area contributed by atoms with Gasteiger partial charge < -0.3 is 14.4 Å². The molecule has 30 heavy (non-hydrogen) atoms. The molecule has 0 amide bonds. The number of morpholine rings is 1. The zero-order valence-electron chi connectivity index (χ0n) is 18.0. The Kier molecular flexibility index (Phi) is 4.95. The Morgan fingerprint density at radius 2 is 1.97 bits per heavy atom. The third kappa shape index (κ3) is 3.68. The summed E-state index contributed by atoms with van der Waals surface area (Å²) in [7, 11) is 1.74. The van der Waals surface area contributed by atoms with Gasteiger partial charge in [0, 0.05) is 62.4 Å². The lowest BCUT2D eigenvalue weighted by molar-refractivity contribution is 0.0224. The quantitative estimate of drug-likeness (QED) is 0.623. The maximum Gasteiger partial charge on any atom is 0.181 e. The fourth-order valence-electron chi connectivity index (χ4n) is 4.09. The molecular weight excluding hydrogens is 378 g/mol. The fourth-order valence-corrected chi connectivity index (χ4v) is 4.09. The summed E-state index contributed by atoms with van der Waals surface area (Å²) >= 11 is 0. The standard InChI is InChI=1S/C23H29N5O2/c1-23(2,29-3)14-18-7-6-17(15-25-18)20-19(16-4-5-16)26-22-21(24-8-9-28(20)22)27-10-12-30-13-11-27/h6-9,15-16H,4-5,10-14H2,1-3H3. The van der Waals surface area contributed by atoms with Crippen LogP contribution < -0.4 is 4.90 Å². The predicted octanol–water partition coefficient (Wildman–Crippen LogP) is 3.47. The Labute approximate surface area is 177 Å². The van der Waals surface area contributed by atoms with Crippen molar-refractivity contribution in [1.82, 2.24) is 19.4 Å². The van der Waals surface area contributed by atoms with Gasteiger partial charge in [-0.05, 0) is 38.8 Å². The summed E-state index contributed by atoms with van der Waals surface area (Å²) in [6.07, 6.45) is 9.05. The monoisotopic (exact) mass is 407 g/mol. The minimum atomic E-state index is -0.226. The van der Waals surface area contributed by atoms with Crippen molar-refractivity contribution in [2.45, 2.75) is 44.6 Å². The Morgan fingerprint density at radius 1 is 1.17 bits per heavy atom. The second-order valence-electron chi connectivity index (χ2n) is 8.84. The van der Waals surface area contributed by atoms with Crippen LogP contribution in [-0.2, 0) is 15.9 Å². The maximum atomic E-state index is 5.56. The lowest BCUT2D eigenvalue weighted by Gasteiger charge is -2.27. The van der Waals surface area contributed by atoms with E-state index in [1.54, 1.807) is 7.11 Å². The van der Waals surface area contributed by atoms with Crippen LogP contribution in [0.2, 0.25) is 0 Å². The number of pyridine rings is 1. The molecule has 0 radical (unpaired) electrons. The molecule has 3 aromatic rings. The molecule has 2 aliphatic rings. The molecule has 0 unspecified atom stereocenters. The smallest absolute Gasteiger partial charge is 0.181 e. The van der Waals surface area contributed by atoms with Crippen LogP contribution in [-0.4, -0.2) is 58.4 Å².